The Kier molecular flexibility index (Phi) is 4.62. The molecule has 0 radical (unpaired) electrons. The van der Waals surface area contributed by atoms with Gasteiger partial charge < -0.3 is 5.32 Å². The van der Waals surface area contributed by atoms with E-state index in [0.29, 0.717) is 17.2 Å². The van der Waals surface area contributed by atoms with E-state index in [1.807, 2.05) is 18.3 Å². The van der Waals surface area contributed by atoms with Crippen LogP contribution in [0.3, 0.4) is 0 Å². The summed E-state index contributed by atoms with van der Waals surface area (Å²) >= 11 is 1.51. The number of hydrogen-bond acceptors (Lipinski definition) is 5. The summed E-state index contributed by atoms with van der Waals surface area (Å²) in [7, 11) is 0. The normalized spacial score (nSPS) is 31.8. The molecular formula is C23H29N5OS. The third-order valence-electron chi connectivity index (χ3n) is 7.65. The van der Waals surface area contributed by atoms with Crippen LogP contribution in [0.1, 0.15) is 57.4 Å². The van der Waals surface area contributed by atoms with Crippen LogP contribution < -0.4 is 5.32 Å². The fourth-order valence-corrected chi connectivity index (χ4v) is 7.54. The van der Waals surface area contributed by atoms with Crippen molar-refractivity contribution >= 4 is 17.7 Å². The van der Waals surface area contributed by atoms with Gasteiger partial charge in [-0.3, -0.25) is 14.3 Å². The second-order valence-corrected chi connectivity index (χ2v) is 11.1. The number of aromatic nitrogens is 4. The van der Waals surface area contributed by atoms with Crippen LogP contribution in [0.5, 0.6) is 0 Å². The van der Waals surface area contributed by atoms with Gasteiger partial charge in [-0.2, -0.15) is 0 Å². The van der Waals surface area contributed by atoms with Crippen LogP contribution in [0.25, 0.3) is 11.4 Å². The van der Waals surface area contributed by atoms with Crippen LogP contribution in [0, 0.1) is 23.2 Å². The van der Waals surface area contributed by atoms with Gasteiger partial charge in [0.05, 0.1) is 5.75 Å². The first-order valence-electron chi connectivity index (χ1n) is 11.4. The van der Waals surface area contributed by atoms with E-state index in [2.05, 4.69) is 25.1 Å². The molecule has 2 aromatic rings. The van der Waals surface area contributed by atoms with Gasteiger partial charge in [-0.05, 0) is 86.7 Å². The van der Waals surface area contributed by atoms with Crippen molar-refractivity contribution in [3.63, 3.8) is 0 Å². The summed E-state index contributed by atoms with van der Waals surface area (Å²) in [5.74, 6) is 4.16. The van der Waals surface area contributed by atoms with Crippen molar-refractivity contribution in [2.24, 2.45) is 23.2 Å². The van der Waals surface area contributed by atoms with Crippen molar-refractivity contribution in [2.45, 2.75) is 62.6 Å². The smallest absolute Gasteiger partial charge is 0.230 e. The first-order chi connectivity index (χ1) is 14.7. The lowest BCUT2D eigenvalue weighted by molar-refractivity contribution is -0.120. The zero-order valence-corrected chi connectivity index (χ0v) is 18.1. The van der Waals surface area contributed by atoms with Crippen LogP contribution in [0.15, 0.2) is 29.7 Å². The Balaban J connectivity index is 1.09. The summed E-state index contributed by atoms with van der Waals surface area (Å²) in [5, 5.41) is 13.0. The highest BCUT2D eigenvalue weighted by atomic mass is 32.2. The van der Waals surface area contributed by atoms with Gasteiger partial charge in [0.15, 0.2) is 11.0 Å². The zero-order chi connectivity index (χ0) is 20.1. The van der Waals surface area contributed by atoms with E-state index in [1.54, 1.807) is 6.20 Å². The molecular weight excluding hydrogens is 394 g/mol. The van der Waals surface area contributed by atoms with Crippen molar-refractivity contribution in [3.8, 4) is 11.4 Å². The van der Waals surface area contributed by atoms with Crippen molar-refractivity contribution in [2.75, 3.05) is 12.3 Å². The highest BCUT2D eigenvalue weighted by Gasteiger charge is 2.50. The molecule has 1 N–H and O–H groups in total. The molecule has 7 rings (SSSR count). The molecule has 1 amide bonds. The number of hydrogen-bond donors (Lipinski definition) is 1. The van der Waals surface area contributed by atoms with Gasteiger partial charge in [0.1, 0.15) is 0 Å². The SMILES string of the molecule is O=C(CSc1nnc(-c2cccnc2)n1C1CC1)NCC12CC3CC(CC(C3)C1)C2. The third kappa shape index (κ3) is 3.55. The molecule has 2 aromatic heterocycles. The summed E-state index contributed by atoms with van der Waals surface area (Å²) in [6.45, 7) is 0.867. The molecule has 5 fully saturated rings. The molecule has 5 aliphatic rings. The molecule has 6 nitrogen and oxygen atoms in total. The van der Waals surface area contributed by atoms with E-state index < -0.39 is 0 Å². The molecule has 30 heavy (non-hydrogen) atoms. The van der Waals surface area contributed by atoms with E-state index >= 15 is 0 Å². The minimum atomic E-state index is 0.129. The highest BCUT2D eigenvalue weighted by Crippen LogP contribution is 2.59. The lowest BCUT2D eigenvalue weighted by Crippen LogP contribution is -2.51. The number of thioether (sulfide) groups is 1. The van der Waals surface area contributed by atoms with Gasteiger partial charge in [0.2, 0.25) is 5.91 Å². The molecule has 0 spiro atoms. The number of amides is 1. The van der Waals surface area contributed by atoms with Crippen molar-refractivity contribution in [1.29, 1.82) is 0 Å². The van der Waals surface area contributed by atoms with Gasteiger partial charge in [-0.15, -0.1) is 10.2 Å². The average Bonchev–Trinajstić information content (AvgIpc) is 3.49. The molecule has 0 aliphatic heterocycles. The monoisotopic (exact) mass is 423 g/mol. The lowest BCUT2D eigenvalue weighted by Gasteiger charge is -2.56. The Hall–Kier alpha value is -1.89. The second kappa shape index (κ2) is 7.36. The van der Waals surface area contributed by atoms with Crippen molar-refractivity contribution in [3.05, 3.63) is 24.5 Å². The number of rotatable bonds is 7. The lowest BCUT2D eigenvalue weighted by atomic mass is 9.49. The second-order valence-electron chi connectivity index (χ2n) is 10.1. The number of pyridine rings is 1. The minimum absolute atomic E-state index is 0.129. The molecule has 0 saturated heterocycles. The summed E-state index contributed by atoms with van der Waals surface area (Å²) in [5.41, 5.74) is 1.37. The first kappa shape index (κ1) is 18.8. The molecule has 0 atom stereocenters. The third-order valence-corrected chi connectivity index (χ3v) is 8.60. The van der Waals surface area contributed by atoms with Crippen LogP contribution in [0.4, 0.5) is 0 Å². The Morgan fingerprint density at radius 1 is 1.13 bits per heavy atom. The number of nitrogens with zero attached hydrogens (tertiary/aromatic N) is 4. The van der Waals surface area contributed by atoms with E-state index in [9.17, 15) is 4.79 Å². The quantitative estimate of drug-likeness (QED) is 0.679. The van der Waals surface area contributed by atoms with E-state index in [4.69, 9.17) is 0 Å². The maximum absolute atomic E-state index is 12.7. The molecule has 7 heteroatoms. The predicted molar refractivity (Wildman–Crippen MR) is 116 cm³/mol. The van der Waals surface area contributed by atoms with Crippen LogP contribution in [-0.4, -0.2) is 38.0 Å². The average molecular weight is 424 g/mol. The molecule has 5 aliphatic carbocycles. The van der Waals surface area contributed by atoms with Gasteiger partial charge in [-0.25, -0.2) is 0 Å². The summed E-state index contributed by atoms with van der Waals surface area (Å²) < 4.78 is 2.20. The Bertz CT molecular complexity index is 903. The molecule has 2 heterocycles. The van der Waals surface area contributed by atoms with E-state index in [0.717, 1.165) is 53.7 Å². The number of carbonyl (C=O) groups is 1. The largest absolute Gasteiger partial charge is 0.355 e. The molecule has 0 aromatic carbocycles. The Labute approximate surface area is 181 Å². The topological polar surface area (TPSA) is 72.7 Å². The molecule has 4 bridgehead atoms. The van der Waals surface area contributed by atoms with E-state index in [-0.39, 0.29) is 5.91 Å². The van der Waals surface area contributed by atoms with Crippen LogP contribution in [0.2, 0.25) is 0 Å². The van der Waals surface area contributed by atoms with E-state index in [1.165, 1.54) is 50.3 Å². The van der Waals surface area contributed by atoms with Crippen LogP contribution >= 0.6 is 11.8 Å². The summed E-state index contributed by atoms with van der Waals surface area (Å²) in [6.07, 6.45) is 14.2. The first-order valence-corrected chi connectivity index (χ1v) is 12.4. The standard InChI is InChI=1S/C23H29N5OS/c29-20(25-14-23-9-15-6-16(10-23)8-17(7-15)11-23)13-30-22-27-26-21(28(22)19-3-4-19)18-2-1-5-24-12-18/h1-2,5,12,15-17,19H,3-4,6-11,13-14H2,(H,25,29). The predicted octanol–water partition coefficient (Wildman–Crippen LogP) is 4.10. The molecule has 158 valence electrons. The van der Waals surface area contributed by atoms with Crippen LogP contribution in [-0.2, 0) is 4.79 Å². The Morgan fingerprint density at radius 3 is 2.50 bits per heavy atom. The van der Waals surface area contributed by atoms with Gasteiger partial charge in [-0.1, -0.05) is 11.8 Å². The highest BCUT2D eigenvalue weighted by molar-refractivity contribution is 7.99. The van der Waals surface area contributed by atoms with Gasteiger partial charge in [0.25, 0.3) is 0 Å². The maximum Gasteiger partial charge on any atom is 0.230 e. The van der Waals surface area contributed by atoms with Gasteiger partial charge in [0, 0.05) is 30.5 Å². The summed E-state index contributed by atoms with van der Waals surface area (Å²) in [6, 6.07) is 4.39. The number of nitrogens with one attached hydrogen (secondary N) is 1. The fourth-order valence-electron chi connectivity index (χ4n) is 6.70. The maximum atomic E-state index is 12.7. The van der Waals surface area contributed by atoms with Crippen molar-refractivity contribution in [1.82, 2.24) is 25.1 Å². The van der Waals surface area contributed by atoms with Crippen molar-refractivity contribution < 1.29 is 4.79 Å². The minimum Gasteiger partial charge on any atom is -0.355 e. The summed E-state index contributed by atoms with van der Waals surface area (Å²) in [4.78, 5) is 16.9. The zero-order valence-electron chi connectivity index (χ0n) is 17.3. The fraction of sp³-hybridized carbons (Fsp3) is 0.652. The van der Waals surface area contributed by atoms with Gasteiger partial charge >= 0.3 is 0 Å². The molecule has 5 saturated carbocycles. The number of carbonyl (C=O) groups excluding carboxylic acids is 1. The molecule has 0 unspecified atom stereocenters. The Morgan fingerprint density at radius 2 is 1.87 bits per heavy atom.